The summed E-state index contributed by atoms with van der Waals surface area (Å²) in [5.41, 5.74) is 3.66. The topological polar surface area (TPSA) is 39.1 Å². The summed E-state index contributed by atoms with van der Waals surface area (Å²) in [7, 11) is 1.73. The summed E-state index contributed by atoms with van der Waals surface area (Å²) in [6, 6.07) is 6.58. The van der Waals surface area contributed by atoms with E-state index in [0.717, 1.165) is 24.5 Å². The van der Waals surface area contributed by atoms with Gasteiger partial charge >= 0.3 is 0 Å². The maximum absolute atomic E-state index is 5.51. The number of fused-ring (bicyclic) bond motifs is 1. The third-order valence-corrected chi connectivity index (χ3v) is 3.73. The van der Waals surface area contributed by atoms with E-state index in [1.807, 2.05) is 12.3 Å². The third-order valence-electron chi connectivity index (χ3n) is 3.73. The largest absolute Gasteiger partial charge is 0.496 e. The number of hydrogen-bond acceptors (Lipinski definition) is 3. The van der Waals surface area contributed by atoms with E-state index < -0.39 is 0 Å². The molecule has 1 aliphatic rings. The lowest BCUT2D eigenvalue weighted by atomic mass is 9.99. The van der Waals surface area contributed by atoms with Crippen molar-refractivity contribution in [2.45, 2.75) is 26.3 Å². The van der Waals surface area contributed by atoms with E-state index in [9.17, 15) is 0 Å². The average Bonchev–Trinajstić information content (AvgIpc) is 2.81. The number of nitrogens with zero attached hydrogens (tertiary/aromatic N) is 2. The zero-order chi connectivity index (χ0) is 13.4. The van der Waals surface area contributed by atoms with Gasteiger partial charge in [0, 0.05) is 17.7 Å². The predicted molar refractivity (Wildman–Crippen MR) is 75.9 cm³/mol. The molecule has 2 aromatic rings. The summed E-state index contributed by atoms with van der Waals surface area (Å²) in [6.45, 7) is 5.16. The SMILES string of the molecule is COc1ccc(C)cc1C1CCNc2c(C)cnn21. The van der Waals surface area contributed by atoms with E-state index in [1.165, 1.54) is 16.7 Å². The number of rotatable bonds is 2. The number of aromatic nitrogens is 2. The molecule has 4 nitrogen and oxygen atoms in total. The van der Waals surface area contributed by atoms with Crippen molar-refractivity contribution in [2.24, 2.45) is 0 Å². The van der Waals surface area contributed by atoms with Crippen molar-refractivity contribution < 1.29 is 4.74 Å². The second-order valence-corrected chi connectivity index (χ2v) is 5.10. The molecule has 0 saturated heterocycles. The highest BCUT2D eigenvalue weighted by Crippen LogP contribution is 2.35. The Labute approximate surface area is 113 Å². The number of benzene rings is 1. The summed E-state index contributed by atoms with van der Waals surface area (Å²) in [5, 5.41) is 7.94. The lowest BCUT2D eigenvalue weighted by Crippen LogP contribution is -2.25. The van der Waals surface area contributed by atoms with Crippen LogP contribution < -0.4 is 10.1 Å². The quantitative estimate of drug-likeness (QED) is 0.899. The number of hydrogen-bond donors (Lipinski definition) is 1. The highest BCUT2D eigenvalue weighted by Gasteiger charge is 2.25. The van der Waals surface area contributed by atoms with Gasteiger partial charge < -0.3 is 10.1 Å². The predicted octanol–water partition coefficient (Wildman–Crippen LogP) is 2.91. The van der Waals surface area contributed by atoms with Gasteiger partial charge in [-0.05, 0) is 26.3 Å². The summed E-state index contributed by atoms with van der Waals surface area (Å²) in [6.07, 6.45) is 2.94. The molecule has 1 aromatic carbocycles. The Morgan fingerprint density at radius 2 is 2.21 bits per heavy atom. The molecule has 0 fully saturated rings. The Morgan fingerprint density at radius 1 is 1.37 bits per heavy atom. The summed E-state index contributed by atoms with van der Waals surface area (Å²) in [5.74, 6) is 2.07. The van der Waals surface area contributed by atoms with Gasteiger partial charge in [-0.25, -0.2) is 4.68 Å². The first kappa shape index (κ1) is 12.1. The third kappa shape index (κ3) is 1.97. The fourth-order valence-corrected chi connectivity index (χ4v) is 2.76. The summed E-state index contributed by atoms with van der Waals surface area (Å²) >= 11 is 0. The number of nitrogens with one attached hydrogen (secondary N) is 1. The second kappa shape index (κ2) is 4.61. The summed E-state index contributed by atoms with van der Waals surface area (Å²) in [4.78, 5) is 0. The number of anilines is 1. The first-order valence-electron chi connectivity index (χ1n) is 6.63. The van der Waals surface area contributed by atoms with Crippen LogP contribution in [0.15, 0.2) is 24.4 Å². The van der Waals surface area contributed by atoms with Crippen molar-refractivity contribution in [3.05, 3.63) is 41.1 Å². The monoisotopic (exact) mass is 257 g/mol. The van der Waals surface area contributed by atoms with Crippen LogP contribution >= 0.6 is 0 Å². The van der Waals surface area contributed by atoms with Crippen LogP contribution in [0.3, 0.4) is 0 Å². The minimum Gasteiger partial charge on any atom is -0.496 e. The van der Waals surface area contributed by atoms with Crippen LogP contribution in [0.25, 0.3) is 0 Å². The van der Waals surface area contributed by atoms with Gasteiger partial charge in [0.2, 0.25) is 0 Å². The highest BCUT2D eigenvalue weighted by molar-refractivity contribution is 5.48. The van der Waals surface area contributed by atoms with E-state index in [4.69, 9.17) is 4.74 Å². The molecule has 1 aromatic heterocycles. The lowest BCUT2D eigenvalue weighted by Gasteiger charge is -2.28. The standard InChI is InChI=1S/C15H19N3O/c1-10-4-5-14(19-3)12(8-10)13-6-7-16-15-11(2)9-17-18(13)15/h4-5,8-9,13,16H,6-7H2,1-3H3. The number of ether oxygens (including phenoxy) is 1. The fourth-order valence-electron chi connectivity index (χ4n) is 2.76. The molecule has 1 N–H and O–H groups in total. The molecule has 0 amide bonds. The molecule has 0 aliphatic carbocycles. The molecule has 0 bridgehead atoms. The minimum atomic E-state index is 0.250. The normalized spacial score (nSPS) is 17.7. The Hall–Kier alpha value is -1.97. The molecule has 0 saturated carbocycles. The maximum atomic E-state index is 5.51. The molecule has 0 spiro atoms. The van der Waals surface area contributed by atoms with Crippen molar-refractivity contribution >= 4 is 5.82 Å². The Kier molecular flexibility index (Phi) is 2.93. The number of aryl methyl sites for hydroxylation is 2. The first-order chi connectivity index (χ1) is 9.20. The van der Waals surface area contributed by atoms with Gasteiger partial charge in [-0.3, -0.25) is 0 Å². The van der Waals surface area contributed by atoms with Crippen LogP contribution in [-0.4, -0.2) is 23.4 Å². The molecule has 1 unspecified atom stereocenters. The van der Waals surface area contributed by atoms with Crippen LogP contribution in [0.5, 0.6) is 5.75 Å². The van der Waals surface area contributed by atoms with Gasteiger partial charge in [0.05, 0.1) is 19.3 Å². The molecule has 19 heavy (non-hydrogen) atoms. The molecule has 100 valence electrons. The van der Waals surface area contributed by atoms with Crippen molar-refractivity contribution in [2.75, 3.05) is 19.0 Å². The lowest BCUT2D eigenvalue weighted by molar-refractivity contribution is 0.391. The Balaban J connectivity index is 2.11. The Morgan fingerprint density at radius 3 is 3.00 bits per heavy atom. The maximum Gasteiger partial charge on any atom is 0.127 e. The highest BCUT2D eigenvalue weighted by atomic mass is 16.5. The van der Waals surface area contributed by atoms with Crippen LogP contribution in [-0.2, 0) is 0 Å². The van der Waals surface area contributed by atoms with E-state index in [2.05, 4.69) is 41.1 Å². The van der Waals surface area contributed by atoms with Gasteiger partial charge in [0.25, 0.3) is 0 Å². The van der Waals surface area contributed by atoms with Crippen molar-refractivity contribution in [3.63, 3.8) is 0 Å². The van der Waals surface area contributed by atoms with Gasteiger partial charge in [-0.15, -0.1) is 0 Å². The smallest absolute Gasteiger partial charge is 0.127 e. The van der Waals surface area contributed by atoms with Crippen molar-refractivity contribution in [3.8, 4) is 5.75 Å². The molecule has 1 aliphatic heterocycles. The van der Waals surface area contributed by atoms with Crippen molar-refractivity contribution in [1.82, 2.24) is 9.78 Å². The molecule has 0 radical (unpaired) electrons. The second-order valence-electron chi connectivity index (χ2n) is 5.10. The van der Waals surface area contributed by atoms with Crippen LogP contribution in [0, 0.1) is 13.8 Å². The molecule has 1 atom stereocenters. The zero-order valence-electron chi connectivity index (χ0n) is 11.6. The van der Waals surface area contributed by atoms with Crippen molar-refractivity contribution in [1.29, 1.82) is 0 Å². The van der Waals surface area contributed by atoms with E-state index >= 15 is 0 Å². The molecular formula is C15H19N3O. The zero-order valence-corrected chi connectivity index (χ0v) is 11.6. The fraction of sp³-hybridized carbons (Fsp3) is 0.400. The van der Waals surface area contributed by atoms with Crippen LogP contribution in [0.4, 0.5) is 5.82 Å². The van der Waals surface area contributed by atoms with Crippen LogP contribution in [0.1, 0.15) is 29.2 Å². The molecule has 3 rings (SSSR count). The van der Waals surface area contributed by atoms with E-state index in [0.29, 0.717) is 0 Å². The van der Waals surface area contributed by atoms with E-state index in [1.54, 1.807) is 7.11 Å². The van der Waals surface area contributed by atoms with Gasteiger partial charge in [0.1, 0.15) is 11.6 Å². The van der Waals surface area contributed by atoms with E-state index in [-0.39, 0.29) is 6.04 Å². The first-order valence-corrected chi connectivity index (χ1v) is 6.63. The molecular weight excluding hydrogens is 238 g/mol. The van der Waals surface area contributed by atoms with Gasteiger partial charge in [-0.1, -0.05) is 17.7 Å². The summed E-state index contributed by atoms with van der Waals surface area (Å²) < 4.78 is 7.59. The van der Waals surface area contributed by atoms with Gasteiger partial charge in [0.15, 0.2) is 0 Å². The van der Waals surface area contributed by atoms with Gasteiger partial charge in [-0.2, -0.15) is 5.10 Å². The Bertz CT molecular complexity index is 603. The minimum absolute atomic E-state index is 0.250. The number of methoxy groups -OCH3 is 1. The molecule has 2 heterocycles. The average molecular weight is 257 g/mol. The van der Waals surface area contributed by atoms with Crippen LogP contribution in [0.2, 0.25) is 0 Å². The molecule has 4 heteroatoms.